The predicted octanol–water partition coefficient (Wildman–Crippen LogP) is 3.49. The van der Waals surface area contributed by atoms with E-state index in [9.17, 15) is 22.4 Å². The van der Waals surface area contributed by atoms with E-state index < -0.39 is 24.3 Å². The zero-order chi connectivity index (χ0) is 26.3. The molecule has 0 aliphatic carbocycles. The number of rotatable bonds is 6. The van der Waals surface area contributed by atoms with Gasteiger partial charge in [0.15, 0.2) is 11.4 Å². The first kappa shape index (κ1) is 25.4. The monoisotopic (exact) mass is 520 g/mol. The fourth-order valence-corrected chi connectivity index (χ4v) is 5.28. The zero-order valence-electron chi connectivity index (χ0n) is 20.0. The molecule has 198 valence electrons. The van der Waals surface area contributed by atoms with Gasteiger partial charge in [-0.05, 0) is 30.5 Å². The second-order valence-electron chi connectivity index (χ2n) is 9.90. The molecular formula is C25H28F4N6O2. The van der Waals surface area contributed by atoms with Crippen LogP contribution < -0.4 is 16.4 Å². The van der Waals surface area contributed by atoms with Crippen LogP contribution in [0.15, 0.2) is 35.1 Å². The van der Waals surface area contributed by atoms with Crippen LogP contribution in [0.5, 0.6) is 0 Å². The molecule has 4 N–H and O–H groups in total. The van der Waals surface area contributed by atoms with E-state index in [1.807, 2.05) is 4.90 Å². The van der Waals surface area contributed by atoms with Gasteiger partial charge in [0, 0.05) is 75.0 Å². The number of likely N-dealkylation sites (tertiary alicyclic amines) is 1. The van der Waals surface area contributed by atoms with Crippen molar-refractivity contribution in [3.63, 3.8) is 0 Å². The maximum atomic E-state index is 13.5. The maximum absolute atomic E-state index is 13.5. The van der Waals surface area contributed by atoms with Crippen molar-refractivity contribution in [1.82, 2.24) is 14.9 Å². The molecule has 5 rings (SSSR count). The van der Waals surface area contributed by atoms with Crippen molar-refractivity contribution in [2.45, 2.75) is 44.2 Å². The van der Waals surface area contributed by atoms with Crippen LogP contribution in [0.4, 0.5) is 29.1 Å². The molecule has 8 nitrogen and oxygen atoms in total. The van der Waals surface area contributed by atoms with Crippen molar-refractivity contribution < 1.29 is 26.8 Å². The SMILES string of the molecule is Nc1oc2cc(CN3CC[C@@H](F)C3)cnc2c1C(=O)Cc1cnccc1N1C[C@@H](N)C[C@@H](C(F)(F)F)C1. The molecule has 2 aliphatic heterocycles. The number of ketones is 1. The molecular weight excluding hydrogens is 492 g/mol. The smallest absolute Gasteiger partial charge is 0.393 e. The molecule has 2 aliphatic rings. The number of nitrogen functional groups attached to an aromatic ring is 1. The van der Waals surface area contributed by atoms with Crippen LogP contribution in [0.1, 0.15) is 34.3 Å². The van der Waals surface area contributed by atoms with E-state index in [1.165, 1.54) is 12.4 Å². The Balaban J connectivity index is 1.37. The van der Waals surface area contributed by atoms with Gasteiger partial charge < -0.3 is 20.8 Å². The largest absolute Gasteiger partial charge is 0.438 e. The minimum atomic E-state index is -4.36. The molecule has 0 saturated carbocycles. The second kappa shape index (κ2) is 9.90. The number of nitrogens with zero attached hydrogens (tertiary/aromatic N) is 4. The van der Waals surface area contributed by atoms with Crippen LogP contribution in [0.3, 0.4) is 0 Å². The lowest BCUT2D eigenvalue weighted by Crippen LogP contribution is -2.51. The number of pyridine rings is 2. The summed E-state index contributed by atoms with van der Waals surface area (Å²) in [6, 6.07) is 2.68. The number of anilines is 2. The standard InChI is InChI=1S/C25H28F4N6O2/c26-17-2-4-34(12-17)10-14-5-21-23(33-8-14)22(24(31)37-21)20(36)6-15-9-32-3-1-19(15)35-11-16(25(27,28)29)7-18(30)13-35/h1,3,5,8-9,16-18H,2,4,6-7,10-13,30-31H2/t16-,17-,18+/m1/s1. The Hall–Kier alpha value is -3.25. The first-order chi connectivity index (χ1) is 17.6. The van der Waals surface area contributed by atoms with Crippen molar-refractivity contribution in [3.05, 3.63) is 47.4 Å². The van der Waals surface area contributed by atoms with Crippen LogP contribution >= 0.6 is 0 Å². The number of carbonyl (C=O) groups excluding carboxylic acids is 1. The summed E-state index contributed by atoms with van der Waals surface area (Å²) in [5, 5.41) is 0. The zero-order valence-corrected chi connectivity index (χ0v) is 20.0. The number of Topliss-reactive ketones (excluding diaryl/α,β-unsaturated/α-hetero) is 1. The molecule has 0 amide bonds. The maximum Gasteiger partial charge on any atom is 0.393 e. The number of hydrogen-bond donors (Lipinski definition) is 2. The number of carbonyl (C=O) groups is 1. The van der Waals surface area contributed by atoms with Gasteiger partial charge in [0.05, 0.1) is 5.92 Å². The van der Waals surface area contributed by atoms with E-state index >= 15 is 0 Å². The van der Waals surface area contributed by atoms with Crippen LogP contribution in [0.25, 0.3) is 11.1 Å². The summed E-state index contributed by atoms with van der Waals surface area (Å²) in [5.41, 5.74) is 14.5. The molecule has 12 heteroatoms. The highest BCUT2D eigenvalue weighted by molar-refractivity contribution is 6.10. The molecule has 3 aromatic heterocycles. The Labute approximate surface area is 210 Å². The number of alkyl halides is 4. The molecule has 0 unspecified atom stereocenters. The summed E-state index contributed by atoms with van der Waals surface area (Å²) in [5.74, 6) is -2.03. The Kier molecular flexibility index (Phi) is 6.80. The highest BCUT2D eigenvalue weighted by atomic mass is 19.4. The van der Waals surface area contributed by atoms with E-state index in [-0.39, 0.29) is 43.2 Å². The third-order valence-electron chi connectivity index (χ3n) is 7.03. The summed E-state index contributed by atoms with van der Waals surface area (Å²) >= 11 is 0. The number of fused-ring (bicyclic) bond motifs is 1. The predicted molar refractivity (Wildman–Crippen MR) is 130 cm³/mol. The van der Waals surface area contributed by atoms with Gasteiger partial charge >= 0.3 is 6.18 Å². The molecule has 0 radical (unpaired) electrons. The van der Waals surface area contributed by atoms with E-state index in [1.54, 1.807) is 23.2 Å². The first-order valence-corrected chi connectivity index (χ1v) is 12.1. The lowest BCUT2D eigenvalue weighted by Gasteiger charge is -2.39. The molecule has 0 spiro atoms. The number of nitrogens with two attached hydrogens (primary N) is 2. The second-order valence-corrected chi connectivity index (χ2v) is 9.90. The van der Waals surface area contributed by atoms with Gasteiger partial charge in [-0.2, -0.15) is 13.2 Å². The summed E-state index contributed by atoms with van der Waals surface area (Å²) in [4.78, 5) is 25.4. The minimum Gasteiger partial charge on any atom is -0.438 e. The average molecular weight is 521 g/mol. The van der Waals surface area contributed by atoms with Gasteiger partial charge in [-0.25, -0.2) is 4.39 Å². The van der Waals surface area contributed by atoms with E-state index in [0.29, 0.717) is 48.4 Å². The quantitative estimate of drug-likeness (QED) is 0.375. The highest BCUT2D eigenvalue weighted by Gasteiger charge is 2.44. The summed E-state index contributed by atoms with van der Waals surface area (Å²) in [7, 11) is 0. The topological polar surface area (TPSA) is 115 Å². The number of halogens is 4. The fourth-order valence-electron chi connectivity index (χ4n) is 5.28. The Bertz CT molecular complexity index is 1300. The number of piperidine rings is 1. The van der Waals surface area contributed by atoms with E-state index in [0.717, 1.165) is 5.56 Å². The first-order valence-electron chi connectivity index (χ1n) is 12.1. The molecule has 2 saturated heterocycles. The van der Waals surface area contributed by atoms with Crippen LogP contribution in [0.2, 0.25) is 0 Å². The third-order valence-corrected chi connectivity index (χ3v) is 7.03. The normalized spacial score (nSPS) is 23.2. The minimum absolute atomic E-state index is 0.0859. The van der Waals surface area contributed by atoms with Gasteiger partial charge in [-0.3, -0.25) is 19.7 Å². The Morgan fingerprint density at radius 3 is 2.76 bits per heavy atom. The molecule has 3 aromatic rings. The van der Waals surface area contributed by atoms with Crippen molar-refractivity contribution in [1.29, 1.82) is 0 Å². The molecule has 3 atom stereocenters. The van der Waals surface area contributed by atoms with Crippen molar-refractivity contribution in [3.8, 4) is 0 Å². The van der Waals surface area contributed by atoms with Crippen molar-refractivity contribution >= 4 is 28.5 Å². The van der Waals surface area contributed by atoms with Gasteiger partial charge in [0.1, 0.15) is 17.3 Å². The van der Waals surface area contributed by atoms with Gasteiger partial charge in [0.25, 0.3) is 0 Å². The number of furan rings is 1. The summed E-state index contributed by atoms with van der Waals surface area (Å²) in [6.07, 6.45) is -0.444. The summed E-state index contributed by atoms with van der Waals surface area (Å²) in [6.45, 7) is 1.51. The molecule has 0 bridgehead atoms. The van der Waals surface area contributed by atoms with Crippen molar-refractivity contribution in [2.24, 2.45) is 11.7 Å². The number of hydrogen-bond acceptors (Lipinski definition) is 8. The van der Waals surface area contributed by atoms with Gasteiger partial charge in [-0.1, -0.05) is 0 Å². The number of aromatic nitrogens is 2. The molecule has 37 heavy (non-hydrogen) atoms. The third kappa shape index (κ3) is 5.40. The molecule has 5 heterocycles. The van der Waals surface area contributed by atoms with Crippen molar-refractivity contribution in [2.75, 3.05) is 36.8 Å². The lowest BCUT2D eigenvalue weighted by atomic mass is 9.93. The van der Waals surface area contributed by atoms with Crippen LogP contribution in [-0.2, 0) is 13.0 Å². The van der Waals surface area contributed by atoms with Gasteiger partial charge in [0.2, 0.25) is 5.88 Å². The van der Waals surface area contributed by atoms with Crippen LogP contribution in [-0.4, -0.2) is 65.2 Å². The Morgan fingerprint density at radius 1 is 1.22 bits per heavy atom. The van der Waals surface area contributed by atoms with Crippen LogP contribution in [0, 0.1) is 5.92 Å². The fraction of sp³-hybridized carbons (Fsp3) is 0.480. The highest BCUT2D eigenvalue weighted by Crippen LogP contribution is 2.36. The van der Waals surface area contributed by atoms with E-state index in [2.05, 4.69) is 9.97 Å². The lowest BCUT2D eigenvalue weighted by molar-refractivity contribution is -0.177. The Morgan fingerprint density at radius 2 is 2.03 bits per heavy atom. The average Bonchev–Trinajstić information content (AvgIpc) is 3.39. The summed E-state index contributed by atoms with van der Waals surface area (Å²) < 4.78 is 59.5. The molecule has 2 fully saturated rings. The molecule has 0 aromatic carbocycles. The van der Waals surface area contributed by atoms with E-state index in [4.69, 9.17) is 15.9 Å². The van der Waals surface area contributed by atoms with Gasteiger partial charge in [-0.15, -0.1) is 0 Å².